The third-order valence-electron chi connectivity index (χ3n) is 4.18. The van der Waals surface area contributed by atoms with E-state index in [2.05, 4.69) is 15.7 Å². The van der Waals surface area contributed by atoms with E-state index in [1.807, 2.05) is 0 Å². The molecule has 2 aliphatic rings. The quantitative estimate of drug-likeness (QED) is 0.890. The van der Waals surface area contributed by atoms with Crippen molar-refractivity contribution in [3.05, 3.63) is 11.1 Å². The van der Waals surface area contributed by atoms with Crippen LogP contribution in [-0.2, 0) is 4.79 Å². The van der Waals surface area contributed by atoms with Gasteiger partial charge in [0.2, 0.25) is 5.91 Å². The zero-order valence-corrected chi connectivity index (χ0v) is 11.9. The Morgan fingerprint density at radius 2 is 2.16 bits per heavy atom. The first-order valence-corrected chi connectivity index (χ1v) is 8.11. The number of rotatable bonds is 4. The summed E-state index contributed by atoms with van der Waals surface area (Å²) >= 11 is 1.53. The molecule has 0 saturated heterocycles. The van der Waals surface area contributed by atoms with Crippen LogP contribution in [0.1, 0.15) is 56.6 Å². The maximum atomic E-state index is 12.0. The van der Waals surface area contributed by atoms with Crippen molar-refractivity contribution >= 4 is 22.4 Å². The third kappa shape index (κ3) is 3.34. The second kappa shape index (κ2) is 5.59. The molecule has 2 unspecified atom stereocenters. The van der Waals surface area contributed by atoms with Crippen LogP contribution in [0.3, 0.4) is 0 Å². The molecule has 19 heavy (non-hydrogen) atoms. The van der Waals surface area contributed by atoms with E-state index in [0.717, 1.165) is 23.7 Å². The summed E-state index contributed by atoms with van der Waals surface area (Å²) in [6.07, 6.45) is 7.58. The molecule has 5 heteroatoms. The lowest BCUT2D eigenvalue weighted by atomic mass is 9.83. The summed E-state index contributed by atoms with van der Waals surface area (Å²) in [4.78, 5) is 16.5. The Morgan fingerprint density at radius 1 is 1.37 bits per heavy atom. The number of anilines is 1. The Morgan fingerprint density at radius 3 is 2.89 bits per heavy atom. The Bertz CT molecular complexity index is 455. The first-order valence-electron chi connectivity index (χ1n) is 7.23. The monoisotopic (exact) mass is 279 g/mol. The van der Waals surface area contributed by atoms with E-state index in [4.69, 9.17) is 5.73 Å². The Labute approximate surface area is 117 Å². The van der Waals surface area contributed by atoms with Gasteiger partial charge in [-0.1, -0.05) is 12.8 Å². The third-order valence-corrected chi connectivity index (χ3v) is 4.96. The molecule has 3 rings (SSSR count). The van der Waals surface area contributed by atoms with Crippen LogP contribution >= 0.6 is 11.3 Å². The molecule has 1 amide bonds. The summed E-state index contributed by atoms with van der Waals surface area (Å²) in [5.74, 6) is 1.06. The molecule has 0 aliphatic heterocycles. The summed E-state index contributed by atoms with van der Waals surface area (Å²) in [5.41, 5.74) is 7.23. The second-order valence-electron chi connectivity index (χ2n) is 5.81. The number of carbonyl (C=O) groups is 1. The minimum absolute atomic E-state index is 0.0686. The average molecular weight is 279 g/mol. The summed E-state index contributed by atoms with van der Waals surface area (Å²) in [6, 6.07) is 0.192. The predicted octanol–water partition coefficient (Wildman–Crippen LogP) is 2.87. The zero-order chi connectivity index (χ0) is 13.2. The summed E-state index contributed by atoms with van der Waals surface area (Å²) in [5, 5.41) is 5.74. The van der Waals surface area contributed by atoms with E-state index in [0.29, 0.717) is 18.3 Å². The molecule has 2 aliphatic carbocycles. The first kappa shape index (κ1) is 13.1. The first-order chi connectivity index (χ1) is 9.22. The van der Waals surface area contributed by atoms with Gasteiger partial charge in [-0.25, -0.2) is 4.98 Å². The van der Waals surface area contributed by atoms with Crippen molar-refractivity contribution in [2.45, 2.75) is 56.9 Å². The molecule has 2 saturated carbocycles. The molecule has 0 aromatic carbocycles. The summed E-state index contributed by atoms with van der Waals surface area (Å²) < 4.78 is 0. The van der Waals surface area contributed by atoms with Gasteiger partial charge in [0.15, 0.2) is 5.13 Å². The highest BCUT2D eigenvalue weighted by Gasteiger charge is 2.27. The van der Waals surface area contributed by atoms with Gasteiger partial charge in [0, 0.05) is 23.8 Å². The Balaban J connectivity index is 1.52. The lowest BCUT2D eigenvalue weighted by Crippen LogP contribution is -2.35. The molecule has 2 fully saturated rings. The number of hydrogen-bond donors (Lipinski definition) is 2. The van der Waals surface area contributed by atoms with Crippen LogP contribution in [0.15, 0.2) is 5.38 Å². The van der Waals surface area contributed by atoms with Crippen molar-refractivity contribution in [3.8, 4) is 0 Å². The van der Waals surface area contributed by atoms with E-state index in [9.17, 15) is 4.79 Å². The second-order valence-corrected chi connectivity index (χ2v) is 6.67. The van der Waals surface area contributed by atoms with E-state index < -0.39 is 0 Å². The zero-order valence-electron chi connectivity index (χ0n) is 11.1. The van der Waals surface area contributed by atoms with Crippen LogP contribution in [0, 0.1) is 5.92 Å². The molecule has 3 N–H and O–H groups in total. The van der Waals surface area contributed by atoms with E-state index in [1.165, 1.54) is 37.0 Å². The molecule has 0 bridgehead atoms. The van der Waals surface area contributed by atoms with Crippen LogP contribution < -0.4 is 11.1 Å². The minimum atomic E-state index is 0.0686. The topological polar surface area (TPSA) is 68.0 Å². The predicted molar refractivity (Wildman–Crippen MR) is 77.3 cm³/mol. The number of thiazole rings is 1. The van der Waals surface area contributed by atoms with Gasteiger partial charge in [0.1, 0.15) is 0 Å². The van der Waals surface area contributed by atoms with Crippen molar-refractivity contribution in [2.24, 2.45) is 11.7 Å². The lowest BCUT2D eigenvalue weighted by Gasteiger charge is -2.27. The van der Waals surface area contributed by atoms with Crippen LogP contribution in [0.5, 0.6) is 0 Å². The van der Waals surface area contributed by atoms with Crippen LogP contribution in [-0.4, -0.2) is 16.9 Å². The largest absolute Gasteiger partial charge is 0.327 e. The van der Waals surface area contributed by atoms with E-state index in [1.54, 1.807) is 0 Å². The van der Waals surface area contributed by atoms with Crippen molar-refractivity contribution in [3.63, 3.8) is 0 Å². The number of aromatic nitrogens is 1. The highest BCUT2D eigenvalue weighted by atomic mass is 32.1. The van der Waals surface area contributed by atoms with Gasteiger partial charge in [-0.2, -0.15) is 0 Å². The number of nitrogens with one attached hydrogen (secondary N) is 1. The van der Waals surface area contributed by atoms with Crippen molar-refractivity contribution in [1.82, 2.24) is 4.98 Å². The number of amides is 1. The summed E-state index contributed by atoms with van der Waals surface area (Å²) in [6.45, 7) is 0. The molecule has 1 heterocycles. The number of hydrogen-bond acceptors (Lipinski definition) is 4. The normalized spacial score (nSPS) is 27.2. The number of carbonyl (C=O) groups excluding carboxylic acids is 1. The molecule has 104 valence electrons. The molecular formula is C14H21N3OS. The van der Waals surface area contributed by atoms with Gasteiger partial charge in [-0.05, 0) is 31.6 Å². The minimum Gasteiger partial charge on any atom is -0.327 e. The van der Waals surface area contributed by atoms with Gasteiger partial charge < -0.3 is 11.1 Å². The van der Waals surface area contributed by atoms with Crippen LogP contribution in [0.2, 0.25) is 0 Å². The van der Waals surface area contributed by atoms with Crippen molar-refractivity contribution in [1.29, 1.82) is 0 Å². The summed E-state index contributed by atoms with van der Waals surface area (Å²) in [7, 11) is 0. The van der Waals surface area contributed by atoms with Crippen molar-refractivity contribution in [2.75, 3.05) is 5.32 Å². The van der Waals surface area contributed by atoms with E-state index >= 15 is 0 Å². The van der Waals surface area contributed by atoms with E-state index in [-0.39, 0.29) is 11.9 Å². The lowest BCUT2D eigenvalue weighted by molar-refractivity contribution is -0.117. The van der Waals surface area contributed by atoms with Gasteiger partial charge in [-0.3, -0.25) is 4.79 Å². The highest BCUT2D eigenvalue weighted by molar-refractivity contribution is 7.13. The standard InChI is InChI=1S/C14H21N3OS/c15-11-4-2-1-3-10(11)7-13(18)17-14-16-12(8-19-14)9-5-6-9/h8-11H,1-7,15H2,(H,16,17,18). The van der Waals surface area contributed by atoms with Gasteiger partial charge in [0.25, 0.3) is 0 Å². The van der Waals surface area contributed by atoms with Gasteiger partial charge in [0.05, 0.1) is 5.69 Å². The van der Waals surface area contributed by atoms with Crippen LogP contribution in [0.4, 0.5) is 5.13 Å². The van der Waals surface area contributed by atoms with Gasteiger partial charge in [-0.15, -0.1) is 11.3 Å². The highest BCUT2D eigenvalue weighted by Crippen LogP contribution is 2.40. The van der Waals surface area contributed by atoms with Crippen LogP contribution in [0.25, 0.3) is 0 Å². The smallest absolute Gasteiger partial charge is 0.226 e. The molecule has 1 aromatic rings. The maximum absolute atomic E-state index is 12.0. The Hall–Kier alpha value is -0.940. The number of nitrogens with two attached hydrogens (primary N) is 1. The fraction of sp³-hybridized carbons (Fsp3) is 0.714. The fourth-order valence-corrected chi connectivity index (χ4v) is 3.62. The van der Waals surface area contributed by atoms with Crippen molar-refractivity contribution < 1.29 is 4.79 Å². The molecule has 0 radical (unpaired) electrons. The molecule has 0 spiro atoms. The molecule has 4 nitrogen and oxygen atoms in total. The average Bonchev–Trinajstić information content (AvgIpc) is 3.14. The molecule has 1 aromatic heterocycles. The SMILES string of the molecule is NC1CCCCC1CC(=O)Nc1nc(C2CC2)cs1. The van der Waals surface area contributed by atoms with Gasteiger partial charge >= 0.3 is 0 Å². The molecule has 2 atom stereocenters. The maximum Gasteiger partial charge on any atom is 0.226 e. The molecular weight excluding hydrogens is 258 g/mol. The fourth-order valence-electron chi connectivity index (χ4n) is 2.81. The Kier molecular flexibility index (Phi) is 3.84. The number of nitrogens with zero attached hydrogens (tertiary/aromatic N) is 1.